The van der Waals surface area contributed by atoms with Crippen LogP contribution in [0, 0.1) is 0 Å². The fourth-order valence-electron chi connectivity index (χ4n) is 2.67. The van der Waals surface area contributed by atoms with E-state index in [9.17, 15) is 14.4 Å². The van der Waals surface area contributed by atoms with Crippen molar-refractivity contribution in [2.45, 2.75) is 14.7 Å². The predicted octanol–water partition coefficient (Wildman–Crippen LogP) is 5.06. The van der Waals surface area contributed by atoms with Crippen molar-refractivity contribution in [3.05, 3.63) is 91.0 Å². The van der Waals surface area contributed by atoms with E-state index in [1.165, 1.54) is 0 Å². The number of rotatable bonds is 4. The minimum atomic E-state index is -4.49. The Kier molecular flexibility index (Phi) is 4.42. The zero-order valence-corrected chi connectivity index (χ0v) is 14.0. The van der Waals surface area contributed by atoms with Gasteiger partial charge < -0.3 is 9.79 Å². The van der Waals surface area contributed by atoms with Crippen LogP contribution in [-0.4, -0.2) is 9.79 Å². The Morgan fingerprint density at radius 2 is 0.826 bits per heavy atom. The number of hydrogen-bond acceptors (Lipinski definition) is 1. The molecular formula is C18H17O3PS. The lowest BCUT2D eigenvalue weighted by Gasteiger charge is -2.41. The van der Waals surface area contributed by atoms with Gasteiger partial charge in [0.1, 0.15) is 0 Å². The molecule has 0 fully saturated rings. The van der Waals surface area contributed by atoms with E-state index in [-0.39, 0.29) is 0 Å². The average molecular weight is 344 g/mol. The Labute approximate surface area is 136 Å². The minimum Gasteiger partial charge on any atom is -0.317 e. The third-order valence-electron chi connectivity index (χ3n) is 3.61. The van der Waals surface area contributed by atoms with Crippen molar-refractivity contribution >= 4 is 16.4 Å². The Bertz CT molecular complexity index is 720. The molecule has 2 N–H and O–H groups in total. The highest BCUT2D eigenvalue weighted by Gasteiger charge is 2.46. The zero-order chi connectivity index (χ0) is 16.3. The van der Waals surface area contributed by atoms with Gasteiger partial charge in [0.15, 0.2) is 0 Å². The van der Waals surface area contributed by atoms with Crippen molar-refractivity contribution < 1.29 is 14.4 Å². The van der Waals surface area contributed by atoms with Crippen LogP contribution < -0.4 is 0 Å². The SMILES string of the molecule is O=P(O)(O)S(c1ccccc1)(c1ccccc1)c1ccccc1. The predicted molar refractivity (Wildman–Crippen MR) is 93.8 cm³/mol. The van der Waals surface area contributed by atoms with E-state index in [0.717, 1.165) is 0 Å². The van der Waals surface area contributed by atoms with Crippen molar-refractivity contribution in [2.75, 3.05) is 0 Å². The summed E-state index contributed by atoms with van der Waals surface area (Å²) in [6.45, 7) is -4.49. The van der Waals surface area contributed by atoms with Crippen molar-refractivity contribution in [1.29, 1.82) is 0 Å². The van der Waals surface area contributed by atoms with Gasteiger partial charge in [0, 0.05) is 14.7 Å². The monoisotopic (exact) mass is 344 g/mol. The average Bonchev–Trinajstić information content (AvgIpc) is 2.57. The summed E-state index contributed by atoms with van der Waals surface area (Å²) >= 11 is 0. The molecule has 3 rings (SSSR count). The maximum Gasteiger partial charge on any atom is 0.378 e. The molecule has 3 aromatic carbocycles. The third-order valence-corrected chi connectivity index (χ3v) is 11.2. The summed E-state index contributed by atoms with van der Waals surface area (Å²) in [4.78, 5) is 22.8. The van der Waals surface area contributed by atoms with Gasteiger partial charge in [-0.3, -0.25) is 0 Å². The molecule has 0 bridgehead atoms. The summed E-state index contributed by atoms with van der Waals surface area (Å²) in [5.74, 6) is 0. The van der Waals surface area contributed by atoms with Gasteiger partial charge in [-0.2, -0.15) is 0 Å². The van der Waals surface area contributed by atoms with Crippen molar-refractivity contribution in [1.82, 2.24) is 0 Å². The highest BCUT2D eigenvalue weighted by atomic mass is 32.8. The lowest BCUT2D eigenvalue weighted by molar-refractivity contribution is 0.395. The standard InChI is InChI=1S/C18H17O3PS/c19-22(20,21)23(16-10-4-1-5-11-16,17-12-6-2-7-13-17)18-14-8-3-9-15-18/h1-15H,(H2,19,20,21). The van der Waals surface area contributed by atoms with Crippen LogP contribution in [0.1, 0.15) is 0 Å². The van der Waals surface area contributed by atoms with Gasteiger partial charge in [-0.15, -0.1) is 0 Å². The quantitative estimate of drug-likeness (QED) is 0.650. The first-order valence-electron chi connectivity index (χ1n) is 7.11. The third kappa shape index (κ3) is 2.75. The van der Waals surface area contributed by atoms with E-state index in [1.807, 2.05) is 54.6 Å². The molecule has 0 spiro atoms. The van der Waals surface area contributed by atoms with Crippen LogP contribution in [0.25, 0.3) is 0 Å². The van der Waals surface area contributed by atoms with E-state index in [1.54, 1.807) is 36.4 Å². The molecule has 0 aliphatic heterocycles. The first-order valence-corrected chi connectivity index (χ1v) is 11.0. The van der Waals surface area contributed by atoms with Crippen LogP contribution in [0.4, 0.5) is 0 Å². The van der Waals surface area contributed by atoms with Crippen LogP contribution in [-0.2, 0) is 4.57 Å². The summed E-state index contributed by atoms with van der Waals surface area (Å²) in [6.07, 6.45) is 0. The second kappa shape index (κ2) is 6.34. The number of hydrogen-bond donors (Lipinski definition) is 2. The lowest BCUT2D eigenvalue weighted by atomic mass is 10.4. The normalized spacial score (nSPS) is 12.8. The lowest BCUT2D eigenvalue weighted by Crippen LogP contribution is -2.04. The summed E-state index contributed by atoms with van der Waals surface area (Å²) in [7, 11) is -2.68. The second-order valence-electron chi connectivity index (χ2n) is 5.01. The topological polar surface area (TPSA) is 57.5 Å². The highest BCUT2D eigenvalue weighted by Crippen LogP contribution is 2.88. The molecule has 0 unspecified atom stereocenters. The van der Waals surface area contributed by atoms with Crippen LogP contribution in [0.2, 0.25) is 0 Å². The summed E-state index contributed by atoms with van der Waals surface area (Å²) in [5.41, 5.74) is 0. The Hall–Kier alpha value is -1.84. The molecule has 0 aliphatic carbocycles. The van der Waals surface area contributed by atoms with Crippen molar-refractivity contribution in [2.24, 2.45) is 0 Å². The summed E-state index contributed by atoms with van der Waals surface area (Å²) < 4.78 is 12.8. The molecule has 0 aliphatic rings. The molecule has 5 heteroatoms. The van der Waals surface area contributed by atoms with Gasteiger partial charge in [0.25, 0.3) is 0 Å². The van der Waals surface area contributed by atoms with Gasteiger partial charge >= 0.3 is 6.80 Å². The molecular weight excluding hydrogens is 327 g/mol. The molecule has 0 saturated heterocycles. The molecule has 3 nitrogen and oxygen atoms in total. The fraction of sp³-hybridized carbons (Fsp3) is 0. The van der Waals surface area contributed by atoms with E-state index in [0.29, 0.717) is 14.7 Å². The van der Waals surface area contributed by atoms with Gasteiger partial charge in [0.2, 0.25) is 0 Å². The van der Waals surface area contributed by atoms with Crippen LogP contribution >= 0.6 is 16.4 Å². The zero-order valence-electron chi connectivity index (χ0n) is 12.3. The van der Waals surface area contributed by atoms with Crippen LogP contribution in [0.5, 0.6) is 0 Å². The minimum absolute atomic E-state index is 0.658. The Morgan fingerprint density at radius 1 is 0.565 bits per heavy atom. The molecule has 3 aromatic rings. The Balaban J connectivity index is 2.44. The highest BCUT2D eigenvalue weighted by molar-refractivity contribution is 8.76. The first-order chi connectivity index (χ1) is 11.1. The van der Waals surface area contributed by atoms with Crippen molar-refractivity contribution in [3.8, 4) is 0 Å². The molecule has 0 aromatic heterocycles. The molecule has 23 heavy (non-hydrogen) atoms. The van der Waals surface area contributed by atoms with E-state index < -0.39 is 16.4 Å². The summed E-state index contributed by atoms with van der Waals surface area (Å²) in [5, 5.41) is 0. The molecule has 118 valence electrons. The fourth-order valence-corrected chi connectivity index (χ4v) is 9.53. The summed E-state index contributed by atoms with van der Waals surface area (Å²) in [6, 6.07) is 27.3. The van der Waals surface area contributed by atoms with E-state index >= 15 is 0 Å². The second-order valence-corrected chi connectivity index (χ2v) is 11.6. The maximum atomic E-state index is 12.8. The Morgan fingerprint density at radius 3 is 1.04 bits per heavy atom. The molecule has 0 saturated carbocycles. The molecule has 0 atom stereocenters. The van der Waals surface area contributed by atoms with Crippen LogP contribution in [0.15, 0.2) is 106 Å². The molecule has 0 radical (unpaired) electrons. The maximum absolute atomic E-state index is 12.8. The first kappa shape index (κ1) is 16.0. The van der Waals surface area contributed by atoms with E-state index in [4.69, 9.17) is 0 Å². The molecule has 0 heterocycles. The van der Waals surface area contributed by atoms with Gasteiger partial charge in [0.05, 0.1) is 0 Å². The molecule has 0 amide bonds. The smallest absolute Gasteiger partial charge is 0.317 e. The van der Waals surface area contributed by atoms with E-state index in [2.05, 4.69) is 0 Å². The van der Waals surface area contributed by atoms with Gasteiger partial charge in [-0.25, -0.2) is 4.57 Å². The number of benzene rings is 3. The van der Waals surface area contributed by atoms with Crippen LogP contribution in [0.3, 0.4) is 0 Å². The van der Waals surface area contributed by atoms with Crippen molar-refractivity contribution in [3.63, 3.8) is 0 Å². The van der Waals surface area contributed by atoms with Gasteiger partial charge in [-0.1, -0.05) is 64.2 Å². The largest absolute Gasteiger partial charge is 0.378 e. The van der Waals surface area contributed by atoms with Gasteiger partial charge in [-0.05, 0) is 36.4 Å².